The summed E-state index contributed by atoms with van der Waals surface area (Å²) >= 11 is 6.29. The third-order valence-electron chi connectivity index (χ3n) is 6.00. The zero-order valence-electron chi connectivity index (χ0n) is 20.6. The Kier molecular flexibility index (Phi) is 8.46. The monoisotopic (exact) mass is 514 g/mol. The molecule has 0 bridgehead atoms. The standard InChI is InChI=1S/C27H31ClN2O4S/c1-6-25(21-10-9-19(3)20(4)15-21)29-27(31)17-30(22-11-14-26(34-5)24(28)16-22)35(32,33)23-12-7-18(2)8-13-23/h7-16,25H,6,17H2,1-5H3,(H,29,31). The van der Waals surface area contributed by atoms with E-state index in [1.807, 2.05) is 45.9 Å². The van der Waals surface area contributed by atoms with E-state index >= 15 is 0 Å². The first-order chi connectivity index (χ1) is 16.6. The fraction of sp³-hybridized carbons (Fsp3) is 0.296. The van der Waals surface area contributed by atoms with E-state index in [1.54, 1.807) is 24.3 Å². The van der Waals surface area contributed by atoms with E-state index in [0.717, 1.165) is 21.0 Å². The quantitative estimate of drug-likeness (QED) is 0.395. The Balaban J connectivity index is 1.95. The van der Waals surface area contributed by atoms with Gasteiger partial charge < -0.3 is 10.1 Å². The Morgan fingerprint density at radius 2 is 1.69 bits per heavy atom. The number of aryl methyl sites for hydroxylation is 3. The van der Waals surface area contributed by atoms with Crippen molar-refractivity contribution in [3.8, 4) is 5.75 Å². The first-order valence-electron chi connectivity index (χ1n) is 11.4. The van der Waals surface area contributed by atoms with E-state index in [-0.39, 0.29) is 21.6 Å². The molecule has 1 N–H and O–H groups in total. The number of benzene rings is 3. The second-order valence-electron chi connectivity index (χ2n) is 8.52. The van der Waals surface area contributed by atoms with Crippen LogP contribution in [0.25, 0.3) is 0 Å². The van der Waals surface area contributed by atoms with Crippen molar-refractivity contribution >= 4 is 33.2 Å². The zero-order valence-corrected chi connectivity index (χ0v) is 22.2. The number of halogens is 1. The molecule has 0 aromatic heterocycles. The van der Waals surface area contributed by atoms with Gasteiger partial charge in [0.1, 0.15) is 12.3 Å². The van der Waals surface area contributed by atoms with Crippen LogP contribution >= 0.6 is 11.6 Å². The summed E-state index contributed by atoms with van der Waals surface area (Å²) in [4.78, 5) is 13.3. The van der Waals surface area contributed by atoms with Gasteiger partial charge in [-0.2, -0.15) is 0 Å². The molecule has 8 heteroatoms. The van der Waals surface area contributed by atoms with Gasteiger partial charge in [0.25, 0.3) is 10.0 Å². The van der Waals surface area contributed by atoms with Crippen LogP contribution in [0.1, 0.15) is 41.6 Å². The summed E-state index contributed by atoms with van der Waals surface area (Å²) in [5.41, 5.74) is 4.48. The minimum Gasteiger partial charge on any atom is -0.495 e. The van der Waals surface area contributed by atoms with E-state index in [9.17, 15) is 13.2 Å². The largest absolute Gasteiger partial charge is 0.495 e. The normalized spacial score (nSPS) is 12.2. The molecule has 0 fully saturated rings. The lowest BCUT2D eigenvalue weighted by Gasteiger charge is -2.26. The topological polar surface area (TPSA) is 75.7 Å². The Labute approximate surface area is 212 Å². The van der Waals surface area contributed by atoms with Crippen LogP contribution < -0.4 is 14.4 Å². The summed E-state index contributed by atoms with van der Waals surface area (Å²) in [7, 11) is -2.57. The molecule has 0 saturated carbocycles. The van der Waals surface area contributed by atoms with E-state index in [0.29, 0.717) is 12.2 Å². The van der Waals surface area contributed by atoms with Crippen LogP contribution in [0.15, 0.2) is 65.6 Å². The summed E-state index contributed by atoms with van der Waals surface area (Å²) in [6.45, 7) is 7.51. The Hall–Kier alpha value is -3.03. The molecule has 0 aliphatic rings. The van der Waals surface area contributed by atoms with Crippen LogP contribution in [-0.4, -0.2) is 28.0 Å². The Bertz CT molecular complexity index is 1310. The maximum Gasteiger partial charge on any atom is 0.264 e. The van der Waals surface area contributed by atoms with Crippen molar-refractivity contribution in [2.45, 2.75) is 45.1 Å². The van der Waals surface area contributed by atoms with Crippen molar-refractivity contribution in [1.29, 1.82) is 0 Å². The van der Waals surface area contributed by atoms with Crippen molar-refractivity contribution in [2.24, 2.45) is 0 Å². The minimum atomic E-state index is -4.05. The van der Waals surface area contributed by atoms with Gasteiger partial charge in [-0.25, -0.2) is 8.42 Å². The Morgan fingerprint density at radius 3 is 2.26 bits per heavy atom. The van der Waals surface area contributed by atoms with Gasteiger partial charge in [-0.1, -0.05) is 54.4 Å². The second-order valence-corrected chi connectivity index (χ2v) is 10.8. The van der Waals surface area contributed by atoms with Crippen molar-refractivity contribution in [2.75, 3.05) is 18.0 Å². The van der Waals surface area contributed by atoms with Crippen LogP contribution in [0, 0.1) is 20.8 Å². The van der Waals surface area contributed by atoms with Crippen molar-refractivity contribution < 1.29 is 17.9 Å². The van der Waals surface area contributed by atoms with Gasteiger partial charge in [0.05, 0.1) is 28.8 Å². The van der Waals surface area contributed by atoms with Gasteiger partial charge in [-0.15, -0.1) is 0 Å². The number of amides is 1. The van der Waals surface area contributed by atoms with Crippen LogP contribution in [-0.2, 0) is 14.8 Å². The SMILES string of the molecule is CCC(NC(=O)CN(c1ccc(OC)c(Cl)c1)S(=O)(=O)c1ccc(C)cc1)c1ccc(C)c(C)c1. The summed E-state index contributed by atoms with van der Waals surface area (Å²) in [6, 6.07) is 17.0. The molecule has 0 heterocycles. The van der Waals surface area contributed by atoms with Gasteiger partial charge in [0.15, 0.2) is 0 Å². The highest BCUT2D eigenvalue weighted by atomic mass is 35.5. The molecule has 186 valence electrons. The number of nitrogens with zero attached hydrogens (tertiary/aromatic N) is 1. The maximum absolute atomic E-state index is 13.6. The summed E-state index contributed by atoms with van der Waals surface area (Å²) in [6.07, 6.45) is 0.660. The number of nitrogens with one attached hydrogen (secondary N) is 1. The number of carbonyl (C=O) groups is 1. The molecule has 1 atom stereocenters. The van der Waals surface area contributed by atoms with E-state index < -0.39 is 22.5 Å². The minimum absolute atomic E-state index is 0.0871. The van der Waals surface area contributed by atoms with Crippen LogP contribution in [0.2, 0.25) is 5.02 Å². The number of sulfonamides is 1. The zero-order chi connectivity index (χ0) is 25.8. The van der Waals surface area contributed by atoms with Crippen LogP contribution in [0.3, 0.4) is 0 Å². The predicted molar refractivity (Wildman–Crippen MR) is 141 cm³/mol. The molecule has 3 aromatic carbocycles. The number of hydrogen-bond acceptors (Lipinski definition) is 4. The van der Waals surface area contributed by atoms with Gasteiger partial charge in [-0.3, -0.25) is 9.10 Å². The van der Waals surface area contributed by atoms with E-state index in [2.05, 4.69) is 5.32 Å². The molecule has 0 aliphatic heterocycles. The fourth-order valence-corrected chi connectivity index (χ4v) is 5.40. The highest BCUT2D eigenvalue weighted by Crippen LogP contribution is 2.32. The molecule has 35 heavy (non-hydrogen) atoms. The van der Waals surface area contributed by atoms with Crippen molar-refractivity contribution in [3.05, 3.63) is 87.9 Å². The maximum atomic E-state index is 13.6. The summed E-state index contributed by atoms with van der Waals surface area (Å²) in [5, 5.41) is 3.24. The summed E-state index contributed by atoms with van der Waals surface area (Å²) < 4.78 is 33.5. The number of rotatable bonds is 9. The van der Waals surface area contributed by atoms with Crippen molar-refractivity contribution in [1.82, 2.24) is 5.32 Å². The van der Waals surface area contributed by atoms with Gasteiger partial charge in [0.2, 0.25) is 5.91 Å². The average Bonchev–Trinajstić information content (AvgIpc) is 2.83. The lowest BCUT2D eigenvalue weighted by molar-refractivity contribution is -0.120. The number of hydrogen-bond donors (Lipinski definition) is 1. The number of carbonyl (C=O) groups excluding carboxylic acids is 1. The molecule has 3 rings (SSSR count). The lowest BCUT2D eigenvalue weighted by atomic mass is 9.99. The first-order valence-corrected chi connectivity index (χ1v) is 13.2. The fourth-order valence-electron chi connectivity index (χ4n) is 3.74. The molecule has 3 aromatic rings. The number of methoxy groups -OCH3 is 1. The third-order valence-corrected chi connectivity index (χ3v) is 8.08. The molecule has 0 aliphatic carbocycles. The molecular formula is C27H31ClN2O4S. The number of anilines is 1. The molecule has 1 unspecified atom stereocenters. The third kappa shape index (κ3) is 6.16. The molecule has 6 nitrogen and oxygen atoms in total. The number of ether oxygens (including phenoxy) is 1. The highest BCUT2D eigenvalue weighted by Gasteiger charge is 2.28. The molecule has 0 saturated heterocycles. The lowest BCUT2D eigenvalue weighted by Crippen LogP contribution is -2.42. The Morgan fingerprint density at radius 1 is 1.00 bits per heavy atom. The van der Waals surface area contributed by atoms with Crippen LogP contribution in [0.5, 0.6) is 5.75 Å². The smallest absolute Gasteiger partial charge is 0.264 e. The van der Waals surface area contributed by atoms with Gasteiger partial charge >= 0.3 is 0 Å². The van der Waals surface area contributed by atoms with E-state index in [1.165, 1.54) is 30.9 Å². The highest BCUT2D eigenvalue weighted by molar-refractivity contribution is 7.92. The molecular weight excluding hydrogens is 484 g/mol. The average molecular weight is 515 g/mol. The second kappa shape index (κ2) is 11.1. The predicted octanol–water partition coefficient (Wildman–Crippen LogP) is 5.74. The summed E-state index contributed by atoms with van der Waals surface area (Å²) in [5.74, 6) is -0.00829. The molecule has 0 spiro atoms. The first kappa shape index (κ1) is 26.6. The molecule has 1 amide bonds. The van der Waals surface area contributed by atoms with E-state index in [4.69, 9.17) is 16.3 Å². The molecule has 0 radical (unpaired) electrons. The van der Waals surface area contributed by atoms with Gasteiger partial charge in [0, 0.05) is 0 Å². The van der Waals surface area contributed by atoms with Crippen molar-refractivity contribution in [3.63, 3.8) is 0 Å². The van der Waals surface area contributed by atoms with Crippen LogP contribution in [0.4, 0.5) is 5.69 Å². The van der Waals surface area contributed by atoms with Gasteiger partial charge in [-0.05, 0) is 74.2 Å².